The van der Waals surface area contributed by atoms with Crippen molar-refractivity contribution in [2.45, 2.75) is 44.4 Å². The van der Waals surface area contributed by atoms with Crippen molar-refractivity contribution in [3.63, 3.8) is 0 Å². The first-order valence-electron chi connectivity index (χ1n) is 7.42. The molecule has 0 bridgehead atoms. The molecule has 1 aliphatic carbocycles. The van der Waals surface area contributed by atoms with Crippen molar-refractivity contribution in [3.8, 4) is 0 Å². The van der Waals surface area contributed by atoms with E-state index in [1.807, 2.05) is 12.1 Å². The van der Waals surface area contributed by atoms with Crippen molar-refractivity contribution in [1.82, 2.24) is 0 Å². The number of fused-ring (bicyclic) bond motifs is 1. The lowest BCUT2D eigenvalue weighted by atomic mass is 9.83. The highest BCUT2D eigenvalue weighted by Crippen LogP contribution is 2.35. The van der Waals surface area contributed by atoms with Crippen molar-refractivity contribution < 1.29 is 4.79 Å². The summed E-state index contributed by atoms with van der Waals surface area (Å²) < 4.78 is 0. The molecule has 19 heavy (non-hydrogen) atoms. The Bertz CT molecular complexity index is 504. The third kappa shape index (κ3) is 2.58. The number of hydrogen-bond acceptors (Lipinski definition) is 2. The second kappa shape index (κ2) is 5.60. The number of carbonyl (C=O) groups is 1. The summed E-state index contributed by atoms with van der Waals surface area (Å²) in [7, 11) is 0. The summed E-state index contributed by atoms with van der Waals surface area (Å²) in [5.41, 5.74) is 3.41. The molecule has 0 aromatic heterocycles. The number of para-hydroxylation sites is 1. The zero-order valence-corrected chi connectivity index (χ0v) is 11.3. The minimum Gasteiger partial charge on any atom is -0.385 e. The van der Waals surface area contributed by atoms with Gasteiger partial charge in [-0.05, 0) is 49.3 Å². The van der Waals surface area contributed by atoms with Crippen LogP contribution in [0.3, 0.4) is 0 Å². The molecule has 2 aliphatic rings. The van der Waals surface area contributed by atoms with Gasteiger partial charge in [-0.25, -0.2) is 0 Å². The Balaban J connectivity index is 1.86. The topological polar surface area (TPSA) is 29.1 Å². The molecular formula is C17H21NO. The highest BCUT2D eigenvalue weighted by Gasteiger charge is 2.28. The standard InChI is InChI=1S/C17H21NO/c19-17(13-7-3-1-2-4-8-13)15-11-12-18-16-10-6-5-9-14(15)16/h5-7,9-10,15,18H,1-4,8,11-12H2. The highest BCUT2D eigenvalue weighted by atomic mass is 16.1. The number of ketones is 1. The predicted molar refractivity (Wildman–Crippen MR) is 78.5 cm³/mol. The van der Waals surface area contributed by atoms with Gasteiger partial charge in [0.25, 0.3) is 0 Å². The van der Waals surface area contributed by atoms with Crippen molar-refractivity contribution >= 4 is 11.5 Å². The van der Waals surface area contributed by atoms with E-state index in [4.69, 9.17) is 0 Å². The number of rotatable bonds is 2. The molecule has 1 aliphatic heterocycles. The maximum Gasteiger partial charge on any atom is 0.166 e. The third-order valence-corrected chi connectivity index (χ3v) is 4.26. The maximum atomic E-state index is 12.8. The molecule has 1 heterocycles. The Morgan fingerprint density at radius 1 is 1.16 bits per heavy atom. The Hall–Kier alpha value is -1.57. The summed E-state index contributed by atoms with van der Waals surface area (Å²) in [5.74, 6) is 0.442. The number of nitrogens with one attached hydrogen (secondary N) is 1. The van der Waals surface area contributed by atoms with E-state index in [0.29, 0.717) is 5.78 Å². The number of benzene rings is 1. The van der Waals surface area contributed by atoms with Gasteiger partial charge in [0.1, 0.15) is 0 Å². The zero-order chi connectivity index (χ0) is 13.1. The van der Waals surface area contributed by atoms with Crippen LogP contribution in [-0.4, -0.2) is 12.3 Å². The number of anilines is 1. The van der Waals surface area contributed by atoms with Gasteiger partial charge in [-0.3, -0.25) is 4.79 Å². The SMILES string of the molecule is O=C(C1=CCCCCC1)C1CCNc2ccccc21. The molecule has 0 amide bonds. The molecule has 2 heteroatoms. The van der Waals surface area contributed by atoms with Gasteiger partial charge in [0, 0.05) is 12.2 Å². The molecule has 1 N–H and O–H groups in total. The third-order valence-electron chi connectivity index (χ3n) is 4.26. The van der Waals surface area contributed by atoms with Crippen molar-refractivity contribution in [2.24, 2.45) is 0 Å². The molecule has 1 aromatic carbocycles. The predicted octanol–water partition coefficient (Wildman–Crippen LogP) is 4.05. The fraction of sp³-hybridized carbons (Fsp3) is 0.471. The molecule has 1 aromatic rings. The molecule has 0 saturated carbocycles. The first-order valence-corrected chi connectivity index (χ1v) is 7.42. The summed E-state index contributed by atoms with van der Waals surface area (Å²) in [6, 6.07) is 8.24. The molecule has 3 rings (SSSR count). The smallest absolute Gasteiger partial charge is 0.166 e. The Morgan fingerprint density at radius 2 is 2.05 bits per heavy atom. The van der Waals surface area contributed by atoms with E-state index in [0.717, 1.165) is 37.1 Å². The fourth-order valence-electron chi connectivity index (χ4n) is 3.20. The molecule has 0 saturated heterocycles. The number of allylic oxidation sites excluding steroid dienone is 2. The van der Waals surface area contributed by atoms with Crippen molar-refractivity contribution in [2.75, 3.05) is 11.9 Å². The highest BCUT2D eigenvalue weighted by molar-refractivity contribution is 6.01. The van der Waals surface area contributed by atoms with E-state index in [-0.39, 0.29) is 5.92 Å². The van der Waals surface area contributed by atoms with Gasteiger partial charge in [-0.1, -0.05) is 30.7 Å². The lowest BCUT2D eigenvalue weighted by molar-refractivity contribution is -0.117. The molecule has 0 radical (unpaired) electrons. The molecule has 2 nitrogen and oxygen atoms in total. The molecule has 0 fully saturated rings. The Labute approximate surface area is 114 Å². The van der Waals surface area contributed by atoms with Crippen molar-refractivity contribution in [1.29, 1.82) is 0 Å². The van der Waals surface area contributed by atoms with Gasteiger partial charge in [0.15, 0.2) is 5.78 Å². The summed E-state index contributed by atoms with van der Waals surface area (Å²) in [6.45, 7) is 0.903. The second-order valence-electron chi connectivity index (χ2n) is 5.55. The van der Waals surface area contributed by atoms with Crippen LogP contribution in [0.15, 0.2) is 35.9 Å². The molecule has 100 valence electrons. The second-order valence-corrected chi connectivity index (χ2v) is 5.55. The minimum absolute atomic E-state index is 0.0711. The number of hydrogen-bond donors (Lipinski definition) is 1. The summed E-state index contributed by atoms with van der Waals surface area (Å²) in [6.07, 6.45) is 8.84. The summed E-state index contributed by atoms with van der Waals surface area (Å²) in [5, 5.41) is 3.39. The van der Waals surface area contributed by atoms with Crippen LogP contribution in [-0.2, 0) is 4.79 Å². The Kier molecular flexibility index (Phi) is 3.67. The maximum absolute atomic E-state index is 12.8. The Morgan fingerprint density at radius 3 is 3.00 bits per heavy atom. The van der Waals surface area contributed by atoms with E-state index in [2.05, 4.69) is 23.5 Å². The van der Waals surface area contributed by atoms with Gasteiger partial charge in [-0.15, -0.1) is 0 Å². The van der Waals surface area contributed by atoms with Crippen LogP contribution in [0.25, 0.3) is 0 Å². The summed E-state index contributed by atoms with van der Waals surface area (Å²) >= 11 is 0. The average Bonchev–Trinajstić information content (AvgIpc) is 2.75. The van der Waals surface area contributed by atoms with Crippen molar-refractivity contribution in [3.05, 3.63) is 41.5 Å². The monoisotopic (exact) mass is 255 g/mol. The minimum atomic E-state index is 0.0711. The number of Topliss-reactive ketones (excluding diaryl/α,β-unsaturated/α-hetero) is 1. The van der Waals surface area contributed by atoms with Gasteiger partial charge in [0.05, 0.1) is 5.92 Å². The molecule has 1 unspecified atom stereocenters. The van der Waals surface area contributed by atoms with E-state index >= 15 is 0 Å². The van der Waals surface area contributed by atoms with Gasteiger partial charge < -0.3 is 5.32 Å². The van der Waals surface area contributed by atoms with Crippen LogP contribution in [0.4, 0.5) is 5.69 Å². The molecule has 1 atom stereocenters. The van der Waals surface area contributed by atoms with Crippen LogP contribution in [0.2, 0.25) is 0 Å². The van der Waals surface area contributed by atoms with Crippen LogP contribution in [0, 0.1) is 0 Å². The van der Waals surface area contributed by atoms with Gasteiger partial charge in [-0.2, -0.15) is 0 Å². The van der Waals surface area contributed by atoms with Gasteiger partial charge >= 0.3 is 0 Å². The van der Waals surface area contributed by atoms with Crippen LogP contribution >= 0.6 is 0 Å². The van der Waals surface area contributed by atoms with E-state index in [1.165, 1.54) is 24.8 Å². The lowest BCUT2D eigenvalue weighted by Gasteiger charge is -2.26. The molecule has 0 spiro atoms. The quantitative estimate of drug-likeness (QED) is 0.864. The summed E-state index contributed by atoms with van der Waals surface area (Å²) in [4.78, 5) is 12.8. The molecular weight excluding hydrogens is 234 g/mol. The normalized spacial score (nSPS) is 22.7. The van der Waals surface area contributed by atoms with E-state index in [1.54, 1.807) is 0 Å². The van der Waals surface area contributed by atoms with Crippen LogP contribution in [0.5, 0.6) is 0 Å². The van der Waals surface area contributed by atoms with E-state index < -0.39 is 0 Å². The fourth-order valence-corrected chi connectivity index (χ4v) is 3.20. The first kappa shape index (κ1) is 12.5. The van der Waals surface area contributed by atoms with E-state index in [9.17, 15) is 4.79 Å². The average molecular weight is 255 g/mol. The van der Waals surface area contributed by atoms with Crippen LogP contribution < -0.4 is 5.32 Å². The van der Waals surface area contributed by atoms with Crippen LogP contribution in [0.1, 0.15) is 50.0 Å². The number of carbonyl (C=O) groups excluding carboxylic acids is 1. The first-order chi connectivity index (χ1) is 9.36. The lowest BCUT2D eigenvalue weighted by Crippen LogP contribution is -2.24. The van der Waals surface area contributed by atoms with Gasteiger partial charge in [0.2, 0.25) is 0 Å². The largest absolute Gasteiger partial charge is 0.385 e. The zero-order valence-electron chi connectivity index (χ0n) is 11.3.